The first-order valence-corrected chi connectivity index (χ1v) is 6.58. The summed E-state index contributed by atoms with van der Waals surface area (Å²) < 4.78 is 2.15. The van der Waals surface area contributed by atoms with Gasteiger partial charge in [0.1, 0.15) is 0 Å². The fraction of sp³-hybridized carbons (Fsp3) is 0.500. The lowest BCUT2D eigenvalue weighted by atomic mass is 9.93. The first-order chi connectivity index (χ1) is 8.66. The molecule has 1 aromatic heterocycles. The van der Waals surface area contributed by atoms with Gasteiger partial charge >= 0.3 is 0 Å². The molecule has 1 fully saturated rings. The standard InChI is InChI=1S/C14H19N3O/c1-9-3-2-4-12-13(9)16-14(15)17(12)10-5-7-11(18)8-6-10/h2-4,10-11,18H,5-8H2,1H3,(H2,15,16). The van der Waals surface area contributed by atoms with Crippen LogP contribution in [0.25, 0.3) is 11.0 Å². The van der Waals surface area contributed by atoms with Crippen LogP contribution in [0.15, 0.2) is 18.2 Å². The van der Waals surface area contributed by atoms with Crippen molar-refractivity contribution in [1.82, 2.24) is 9.55 Å². The minimum Gasteiger partial charge on any atom is -0.393 e. The topological polar surface area (TPSA) is 64.1 Å². The minimum absolute atomic E-state index is 0.140. The molecule has 1 aromatic carbocycles. The Morgan fingerprint density at radius 1 is 1.28 bits per heavy atom. The van der Waals surface area contributed by atoms with Gasteiger partial charge in [-0.15, -0.1) is 0 Å². The fourth-order valence-electron chi connectivity index (χ4n) is 2.98. The molecule has 0 radical (unpaired) electrons. The zero-order chi connectivity index (χ0) is 12.7. The van der Waals surface area contributed by atoms with E-state index in [1.165, 1.54) is 0 Å². The number of aryl methyl sites for hydroxylation is 1. The Balaban J connectivity index is 2.06. The second-order valence-electron chi connectivity index (χ2n) is 5.24. The van der Waals surface area contributed by atoms with Crippen molar-refractivity contribution in [2.75, 3.05) is 5.73 Å². The molecule has 1 saturated carbocycles. The molecule has 0 atom stereocenters. The number of rotatable bonds is 1. The second kappa shape index (κ2) is 4.28. The Kier molecular flexibility index (Phi) is 2.74. The molecule has 3 rings (SSSR count). The number of imidazole rings is 1. The van der Waals surface area contributed by atoms with Gasteiger partial charge in [-0.1, -0.05) is 12.1 Å². The molecule has 0 amide bonds. The van der Waals surface area contributed by atoms with E-state index in [1.54, 1.807) is 0 Å². The van der Waals surface area contributed by atoms with Gasteiger partial charge in [-0.2, -0.15) is 0 Å². The highest BCUT2D eigenvalue weighted by atomic mass is 16.3. The van der Waals surface area contributed by atoms with Gasteiger partial charge in [0.2, 0.25) is 5.95 Å². The fourth-order valence-corrected chi connectivity index (χ4v) is 2.98. The van der Waals surface area contributed by atoms with E-state index < -0.39 is 0 Å². The molecule has 18 heavy (non-hydrogen) atoms. The van der Waals surface area contributed by atoms with Crippen LogP contribution in [0.2, 0.25) is 0 Å². The molecule has 4 heteroatoms. The van der Waals surface area contributed by atoms with Crippen molar-refractivity contribution >= 4 is 17.0 Å². The van der Waals surface area contributed by atoms with Gasteiger partial charge in [-0.3, -0.25) is 0 Å². The highest BCUT2D eigenvalue weighted by Crippen LogP contribution is 2.34. The Bertz CT molecular complexity index is 568. The maximum absolute atomic E-state index is 9.60. The number of hydrogen-bond acceptors (Lipinski definition) is 3. The highest BCUT2D eigenvalue weighted by molar-refractivity contribution is 5.81. The van der Waals surface area contributed by atoms with E-state index in [9.17, 15) is 5.11 Å². The van der Waals surface area contributed by atoms with Crippen molar-refractivity contribution in [1.29, 1.82) is 0 Å². The monoisotopic (exact) mass is 245 g/mol. The molecular weight excluding hydrogens is 226 g/mol. The summed E-state index contributed by atoms with van der Waals surface area (Å²) in [7, 11) is 0. The molecule has 3 N–H and O–H groups in total. The number of nitrogen functional groups attached to an aromatic ring is 1. The quantitative estimate of drug-likeness (QED) is 0.811. The van der Waals surface area contributed by atoms with Gasteiger partial charge < -0.3 is 15.4 Å². The molecule has 0 saturated heterocycles. The SMILES string of the molecule is Cc1cccc2c1nc(N)n2C1CCC(O)CC1. The van der Waals surface area contributed by atoms with Crippen LogP contribution >= 0.6 is 0 Å². The lowest BCUT2D eigenvalue weighted by Crippen LogP contribution is -2.22. The number of anilines is 1. The second-order valence-corrected chi connectivity index (χ2v) is 5.24. The summed E-state index contributed by atoms with van der Waals surface area (Å²) in [5.74, 6) is 0.598. The lowest BCUT2D eigenvalue weighted by molar-refractivity contribution is 0.112. The van der Waals surface area contributed by atoms with Crippen molar-refractivity contribution in [2.24, 2.45) is 0 Å². The zero-order valence-electron chi connectivity index (χ0n) is 10.6. The van der Waals surface area contributed by atoms with E-state index >= 15 is 0 Å². The average molecular weight is 245 g/mol. The molecule has 0 spiro atoms. The number of fused-ring (bicyclic) bond motifs is 1. The summed E-state index contributed by atoms with van der Waals surface area (Å²) in [6, 6.07) is 6.56. The number of benzene rings is 1. The molecule has 0 unspecified atom stereocenters. The molecule has 1 heterocycles. The van der Waals surface area contributed by atoms with E-state index in [4.69, 9.17) is 5.73 Å². The lowest BCUT2D eigenvalue weighted by Gasteiger charge is -2.27. The van der Waals surface area contributed by atoms with Gasteiger partial charge in [0.05, 0.1) is 17.1 Å². The van der Waals surface area contributed by atoms with Crippen LogP contribution in [0.4, 0.5) is 5.95 Å². The zero-order valence-corrected chi connectivity index (χ0v) is 10.6. The minimum atomic E-state index is -0.140. The Morgan fingerprint density at radius 2 is 2.00 bits per heavy atom. The number of aromatic nitrogens is 2. The molecule has 1 aliphatic carbocycles. The van der Waals surface area contributed by atoms with Crippen molar-refractivity contribution in [3.63, 3.8) is 0 Å². The Hall–Kier alpha value is -1.55. The number of nitrogens with zero attached hydrogens (tertiary/aromatic N) is 2. The van der Waals surface area contributed by atoms with Crippen LogP contribution < -0.4 is 5.73 Å². The van der Waals surface area contributed by atoms with Crippen molar-refractivity contribution < 1.29 is 5.11 Å². The number of nitrogens with two attached hydrogens (primary N) is 1. The van der Waals surface area contributed by atoms with Crippen LogP contribution in [0.1, 0.15) is 37.3 Å². The Morgan fingerprint density at radius 3 is 2.72 bits per heavy atom. The largest absolute Gasteiger partial charge is 0.393 e. The van der Waals surface area contributed by atoms with Crippen molar-refractivity contribution in [2.45, 2.75) is 44.8 Å². The van der Waals surface area contributed by atoms with Crippen LogP contribution in [-0.2, 0) is 0 Å². The van der Waals surface area contributed by atoms with E-state index in [1.807, 2.05) is 6.07 Å². The summed E-state index contributed by atoms with van der Waals surface area (Å²) in [6.45, 7) is 2.06. The predicted molar refractivity (Wildman–Crippen MR) is 72.4 cm³/mol. The van der Waals surface area contributed by atoms with Crippen molar-refractivity contribution in [3.05, 3.63) is 23.8 Å². The molecule has 96 valence electrons. The van der Waals surface area contributed by atoms with Gasteiger partial charge in [-0.25, -0.2) is 4.98 Å². The van der Waals surface area contributed by atoms with E-state index in [0.29, 0.717) is 12.0 Å². The van der Waals surface area contributed by atoms with Gasteiger partial charge in [0, 0.05) is 6.04 Å². The number of para-hydroxylation sites is 1. The third-order valence-electron chi connectivity index (χ3n) is 3.98. The van der Waals surface area contributed by atoms with Crippen LogP contribution in [0.5, 0.6) is 0 Å². The third-order valence-corrected chi connectivity index (χ3v) is 3.98. The summed E-state index contributed by atoms with van der Waals surface area (Å²) in [4.78, 5) is 4.49. The summed E-state index contributed by atoms with van der Waals surface area (Å²) in [5, 5.41) is 9.60. The molecular formula is C14H19N3O. The van der Waals surface area contributed by atoms with Gasteiger partial charge in [0.25, 0.3) is 0 Å². The van der Waals surface area contributed by atoms with Gasteiger partial charge in [0.15, 0.2) is 0 Å². The summed E-state index contributed by atoms with van der Waals surface area (Å²) in [5.41, 5.74) is 9.36. The maximum Gasteiger partial charge on any atom is 0.201 e. The van der Waals surface area contributed by atoms with E-state index in [0.717, 1.165) is 42.3 Å². The average Bonchev–Trinajstić information content (AvgIpc) is 2.69. The first kappa shape index (κ1) is 11.5. The first-order valence-electron chi connectivity index (χ1n) is 6.58. The smallest absolute Gasteiger partial charge is 0.201 e. The van der Waals surface area contributed by atoms with Crippen LogP contribution in [-0.4, -0.2) is 20.8 Å². The number of aliphatic hydroxyl groups excluding tert-OH is 1. The molecule has 0 bridgehead atoms. The van der Waals surface area contributed by atoms with Gasteiger partial charge in [-0.05, 0) is 44.2 Å². The molecule has 2 aromatic rings. The van der Waals surface area contributed by atoms with Crippen LogP contribution in [0, 0.1) is 6.92 Å². The summed E-state index contributed by atoms with van der Waals surface area (Å²) in [6.07, 6.45) is 3.53. The number of aliphatic hydroxyl groups is 1. The van der Waals surface area contributed by atoms with E-state index in [2.05, 4.69) is 28.6 Å². The maximum atomic E-state index is 9.60. The molecule has 1 aliphatic rings. The van der Waals surface area contributed by atoms with Crippen molar-refractivity contribution in [3.8, 4) is 0 Å². The van der Waals surface area contributed by atoms with Crippen LogP contribution in [0.3, 0.4) is 0 Å². The predicted octanol–water partition coefficient (Wildman–Crippen LogP) is 2.40. The Labute approximate surface area is 106 Å². The molecule has 4 nitrogen and oxygen atoms in total. The summed E-state index contributed by atoms with van der Waals surface area (Å²) >= 11 is 0. The highest BCUT2D eigenvalue weighted by Gasteiger charge is 2.24. The normalized spacial score (nSPS) is 24.6. The third kappa shape index (κ3) is 1.77. The molecule has 0 aliphatic heterocycles. The number of hydrogen-bond donors (Lipinski definition) is 2. The van der Waals surface area contributed by atoms with E-state index in [-0.39, 0.29) is 6.10 Å².